The zero-order valence-electron chi connectivity index (χ0n) is 14.5. The molecule has 1 aliphatic carbocycles. The quantitative estimate of drug-likeness (QED) is 0.330. The Labute approximate surface area is 159 Å². The van der Waals surface area contributed by atoms with Gasteiger partial charge in [0.2, 0.25) is 0 Å². The number of hydrogen-bond donors (Lipinski definition) is 0. The predicted octanol–water partition coefficient (Wildman–Crippen LogP) is 8.11. The van der Waals surface area contributed by atoms with E-state index in [0.29, 0.717) is 0 Å². The van der Waals surface area contributed by atoms with Gasteiger partial charge in [-0.05, 0) is 57.0 Å². The average Bonchev–Trinajstić information content (AvgIpc) is 3.31. The van der Waals surface area contributed by atoms with Crippen molar-refractivity contribution in [1.82, 2.24) is 0 Å². The summed E-state index contributed by atoms with van der Waals surface area (Å²) in [5.74, 6) is 0. The van der Waals surface area contributed by atoms with Crippen LogP contribution in [0.1, 0.15) is 26.6 Å². The summed E-state index contributed by atoms with van der Waals surface area (Å²) in [7, 11) is 0. The van der Waals surface area contributed by atoms with E-state index in [9.17, 15) is 0 Å². The van der Waals surface area contributed by atoms with Gasteiger partial charge in [-0.25, -0.2) is 0 Å². The van der Waals surface area contributed by atoms with Crippen LogP contribution in [0.4, 0.5) is 0 Å². The van der Waals surface area contributed by atoms with E-state index < -0.39 is 0 Å². The summed E-state index contributed by atoms with van der Waals surface area (Å²) in [6.07, 6.45) is 7.81. The number of thiophene rings is 3. The fraction of sp³-hybridized carbons (Fsp3) is 0.182. The molecule has 0 bridgehead atoms. The molecule has 0 nitrogen and oxygen atoms in total. The van der Waals surface area contributed by atoms with Gasteiger partial charge in [-0.15, -0.1) is 34.0 Å². The van der Waals surface area contributed by atoms with Crippen molar-refractivity contribution in [3.05, 3.63) is 62.7 Å². The summed E-state index contributed by atoms with van der Waals surface area (Å²) in [5, 5.41) is 2.87. The Hall–Kier alpha value is -1.68. The third-order valence-electron chi connectivity index (χ3n) is 4.78. The Bertz CT molecular complexity index is 1130. The molecule has 5 rings (SSSR count). The standard InChI is InChI=1S/C22H18S3/c1-12-8-9-18(23-12)20-17-11-14(3)24-21(17)19(15-6-4-5-7-15)16-10-13(2)25-22(16)20/h4-6,8-11H,7H2,1-3H3. The molecule has 0 saturated carbocycles. The monoisotopic (exact) mass is 378 g/mol. The smallest absolute Gasteiger partial charge is 0.0445 e. The first-order valence-electron chi connectivity index (χ1n) is 8.51. The van der Waals surface area contributed by atoms with E-state index in [1.54, 1.807) is 0 Å². The highest BCUT2D eigenvalue weighted by Gasteiger charge is 2.22. The lowest BCUT2D eigenvalue weighted by atomic mass is 9.95. The van der Waals surface area contributed by atoms with Crippen molar-refractivity contribution in [2.24, 2.45) is 0 Å². The van der Waals surface area contributed by atoms with Crippen molar-refractivity contribution in [3.8, 4) is 10.4 Å². The molecule has 0 spiro atoms. The summed E-state index contributed by atoms with van der Waals surface area (Å²) < 4.78 is 2.91. The normalized spacial score (nSPS) is 14.1. The first-order chi connectivity index (χ1) is 12.1. The number of rotatable bonds is 2. The molecule has 0 saturated heterocycles. The fourth-order valence-electron chi connectivity index (χ4n) is 3.78. The highest BCUT2D eigenvalue weighted by atomic mass is 32.1. The first kappa shape index (κ1) is 15.6. The van der Waals surface area contributed by atoms with Crippen molar-refractivity contribution < 1.29 is 0 Å². The third-order valence-corrected chi connectivity index (χ3v) is 7.94. The molecule has 0 radical (unpaired) electrons. The first-order valence-corrected chi connectivity index (χ1v) is 11.0. The van der Waals surface area contributed by atoms with Gasteiger partial charge in [-0.1, -0.05) is 18.2 Å². The van der Waals surface area contributed by atoms with Crippen LogP contribution in [-0.2, 0) is 0 Å². The molecular formula is C22H18S3. The largest absolute Gasteiger partial charge is 0.141 e. The molecule has 1 aliphatic rings. The van der Waals surface area contributed by atoms with Crippen LogP contribution in [0.25, 0.3) is 36.2 Å². The second-order valence-corrected chi connectivity index (χ2v) is 10.5. The van der Waals surface area contributed by atoms with Gasteiger partial charge in [0.1, 0.15) is 0 Å². The number of aryl methyl sites for hydroxylation is 3. The Morgan fingerprint density at radius 3 is 2.04 bits per heavy atom. The third kappa shape index (κ3) is 2.37. The van der Waals surface area contributed by atoms with Crippen molar-refractivity contribution in [2.45, 2.75) is 27.2 Å². The van der Waals surface area contributed by atoms with Crippen LogP contribution < -0.4 is 0 Å². The van der Waals surface area contributed by atoms with Gasteiger partial charge in [-0.3, -0.25) is 0 Å². The van der Waals surface area contributed by atoms with E-state index in [1.807, 2.05) is 34.0 Å². The minimum absolute atomic E-state index is 1.05. The maximum absolute atomic E-state index is 2.40. The molecule has 4 aromatic rings. The van der Waals surface area contributed by atoms with Gasteiger partial charge in [0, 0.05) is 50.8 Å². The van der Waals surface area contributed by atoms with Gasteiger partial charge >= 0.3 is 0 Å². The summed E-state index contributed by atoms with van der Waals surface area (Å²) in [4.78, 5) is 5.57. The topological polar surface area (TPSA) is 0 Å². The van der Waals surface area contributed by atoms with E-state index >= 15 is 0 Å². The number of benzene rings is 1. The zero-order valence-corrected chi connectivity index (χ0v) is 16.9. The number of allylic oxidation sites excluding steroid dienone is 4. The van der Waals surface area contributed by atoms with Gasteiger partial charge in [0.15, 0.2) is 0 Å². The van der Waals surface area contributed by atoms with Crippen molar-refractivity contribution >= 4 is 59.8 Å². The predicted molar refractivity (Wildman–Crippen MR) is 116 cm³/mol. The molecular weight excluding hydrogens is 360 g/mol. The van der Waals surface area contributed by atoms with E-state index in [-0.39, 0.29) is 0 Å². The fourth-order valence-corrected chi connectivity index (χ4v) is 6.98. The van der Waals surface area contributed by atoms with Crippen LogP contribution in [0.15, 0.2) is 42.5 Å². The number of fused-ring (bicyclic) bond motifs is 2. The molecule has 25 heavy (non-hydrogen) atoms. The molecule has 0 unspecified atom stereocenters. The second kappa shape index (κ2) is 5.66. The molecule has 3 heterocycles. The minimum Gasteiger partial charge on any atom is -0.141 e. The summed E-state index contributed by atoms with van der Waals surface area (Å²) in [5.41, 5.74) is 4.37. The van der Waals surface area contributed by atoms with Crippen LogP contribution in [0, 0.1) is 20.8 Å². The Morgan fingerprint density at radius 2 is 1.44 bits per heavy atom. The summed E-state index contributed by atoms with van der Waals surface area (Å²) >= 11 is 5.80. The average molecular weight is 379 g/mol. The van der Waals surface area contributed by atoms with Crippen LogP contribution in [0.3, 0.4) is 0 Å². The molecule has 0 fully saturated rings. The lowest BCUT2D eigenvalue weighted by Crippen LogP contribution is -1.86. The highest BCUT2D eigenvalue weighted by Crippen LogP contribution is 2.49. The Kier molecular flexibility index (Phi) is 3.53. The summed E-state index contributed by atoms with van der Waals surface area (Å²) in [6.45, 7) is 6.67. The lowest BCUT2D eigenvalue weighted by Gasteiger charge is -2.11. The van der Waals surface area contributed by atoms with E-state index in [0.717, 1.165) is 6.42 Å². The molecule has 124 valence electrons. The van der Waals surface area contributed by atoms with Crippen LogP contribution >= 0.6 is 34.0 Å². The SMILES string of the molecule is Cc1ccc(-c2c3cc(C)sc3c(C3=CC=CC3)c3cc(C)sc23)s1. The second-order valence-electron chi connectivity index (χ2n) is 6.68. The number of hydrogen-bond acceptors (Lipinski definition) is 3. The highest BCUT2D eigenvalue weighted by molar-refractivity contribution is 7.22. The van der Waals surface area contributed by atoms with Gasteiger partial charge in [0.05, 0.1) is 0 Å². The summed E-state index contributed by atoms with van der Waals surface area (Å²) in [6, 6.07) is 9.33. The molecule has 3 aromatic heterocycles. The molecule has 0 aliphatic heterocycles. The van der Waals surface area contributed by atoms with Crippen molar-refractivity contribution in [1.29, 1.82) is 0 Å². The molecule has 0 amide bonds. The lowest BCUT2D eigenvalue weighted by molar-refractivity contribution is 1.47. The van der Waals surface area contributed by atoms with Crippen molar-refractivity contribution in [3.63, 3.8) is 0 Å². The maximum atomic E-state index is 2.40. The molecule has 3 heteroatoms. The molecule has 0 atom stereocenters. The Morgan fingerprint density at radius 1 is 0.760 bits per heavy atom. The van der Waals surface area contributed by atoms with Crippen LogP contribution in [-0.4, -0.2) is 0 Å². The van der Waals surface area contributed by atoms with Crippen molar-refractivity contribution in [2.75, 3.05) is 0 Å². The van der Waals surface area contributed by atoms with Crippen LogP contribution in [0.2, 0.25) is 0 Å². The van der Waals surface area contributed by atoms with E-state index in [2.05, 4.69) is 63.3 Å². The van der Waals surface area contributed by atoms with Gasteiger partial charge in [-0.2, -0.15) is 0 Å². The van der Waals surface area contributed by atoms with E-state index in [1.165, 1.54) is 56.4 Å². The zero-order chi connectivity index (χ0) is 17.1. The van der Waals surface area contributed by atoms with Gasteiger partial charge in [0.25, 0.3) is 0 Å². The maximum Gasteiger partial charge on any atom is 0.0445 e. The molecule has 1 aromatic carbocycles. The van der Waals surface area contributed by atoms with Crippen LogP contribution in [0.5, 0.6) is 0 Å². The Balaban J connectivity index is 1.98. The molecule has 0 N–H and O–H groups in total. The minimum atomic E-state index is 1.05. The van der Waals surface area contributed by atoms with E-state index in [4.69, 9.17) is 0 Å². The van der Waals surface area contributed by atoms with Gasteiger partial charge < -0.3 is 0 Å².